The van der Waals surface area contributed by atoms with Crippen LogP contribution in [0.1, 0.15) is 27.7 Å². The summed E-state index contributed by atoms with van der Waals surface area (Å²) in [6.45, 7) is 8.83. The molecule has 0 amide bonds. The van der Waals surface area contributed by atoms with E-state index in [0.29, 0.717) is 0 Å². The van der Waals surface area contributed by atoms with Gasteiger partial charge in [-0.25, -0.2) is 0 Å². The largest absolute Gasteiger partial charge is 1.00 e. The molecule has 0 saturated carbocycles. The first-order valence-corrected chi connectivity index (χ1v) is 2.98. The van der Waals surface area contributed by atoms with Crippen molar-refractivity contribution >= 4 is 0 Å². The predicted octanol–water partition coefficient (Wildman–Crippen LogP) is -2.63. The highest BCUT2D eigenvalue weighted by Crippen LogP contribution is 1.67. The molecule has 0 aliphatic rings. The van der Waals surface area contributed by atoms with Gasteiger partial charge in [-0.3, -0.25) is 0 Å². The van der Waals surface area contributed by atoms with E-state index in [0.717, 1.165) is 12.1 Å². The fourth-order valence-electron chi connectivity index (χ4n) is 0.770. The van der Waals surface area contributed by atoms with Crippen molar-refractivity contribution in [3.8, 4) is 0 Å². The lowest BCUT2D eigenvalue weighted by atomic mass is 10.3. The summed E-state index contributed by atoms with van der Waals surface area (Å²) >= 11 is 0. The van der Waals surface area contributed by atoms with E-state index in [4.69, 9.17) is 0 Å². The number of hydrogen-bond donors (Lipinski definition) is 1. The van der Waals surface area contributed by atoms with Crippen LogP contribution in [0, 0.1) is 0 Å². The van der Waals surface area contributed by atoms with Crippen molar-refractivity contribution in [1.82, 2.24) is 0 Å². The first-order valence-electron chi connectivity index (χ1n) is 2.98. The molecule has 0 fully saturated rings. The van der Waals surface area contributed by atoms with E-state index >= 15 is 0 Å². The van der Waals surface area contributed by atoms with E-state index in [2.05, 4.69) is 33.0 Å². The highest BCUT2D eigenvalue weighted by molar-refractivity contribution is 4.31. The van der Waals surface area contributed by atoms with Gasteiger partial charge in [0.15, 0.2) is 0 Å². The van der Waals surface area contributed by atoms with Gasteiger partial charge in [-0.15, -0.1) is 0 Å². The Bertz CT molecular complexity index is 37.8. The zero-order valence-corrected chi connectivity index (χ0v) is 6.11. The number of quaternary nitrogens is 1. The molecule has 0 rings (SSSR count). The Kier molecular flexibility index (Phi) is 6.80. The van der Waals surface area contributed by atoms with Crippen molar-refractivity contribution in [2.75, 3.05) is 0 Å². The molecule has 2 heteroatoms. The van der Waals surface area contributed by atoms with Crippen LogP contribution < -0.4 is 10.0 Å². The molecule has 0 aromatic rings. The van der Waals surface area contributed by atoms with Crippen molar-refractivity contribution in [1.29, 1.82) is 0 Å². The molecule has 8 heavy (non-hydrogen) atoms. The molecule has 0 aliphatic heterocycles. The molecule has 0 aromatic heterocycles. The first kappa shape index (κ1) is 10.8. The Balaban J connectivity index is 0. The van der Waals surface area contributed by atoms with Crippen molar-refractivity contribution in [3.63, 3.8) is 0 Å². The molecule has 0 radical (unpaired) electrons. The summed E-state index contributed by atoms with van der Waals surface area (Å²) in [4.78, 5) is 0. The van der Waals surface area contributed by atoms with Gasteiger partial charge < -0.3 is 10.0 Å². The van der Waals surface area contributed by atoms with E-state index in [1.165, 1.54) is 0 Å². The Morgan fingerprint density at radius 2 is 1.12 bits per heavy atom. The summed E-state index contributed by atoms with van der Waals surface area (Å²) in [5, 5.41) is 2.33. The highest BCUT2D eigenvalue weighted by atomic mass is 19.0. The Hall–Kier alpha value is -0.110. The molecule has 0 saturated heterocycles. The van der Waals surface area contributed by atoms with Crippen molar-refractivity contribution in [2.24, 2.45) is 0 Å². The van der Waals surface area contributed by atoms with Crippen LogP contribution in [0.5, 0.6) is 0 Å². The summed E-state index contributed by atoms with van der Waals surface area (Å²) < 4.78 is 0. The molecule has 0 aromatic carbocycles. The predicted molar refractivity (Wildman–Crippen MR) is 32.2 cm³/mol. The maximum Gasteiger partial charge on any atom is 0.0803 e. The summed E-state index contributed by atoms with van der Waals surface area (Å²) in [6, 6.07) is 1.50. The molecule has 2 N–H and O–H groups in total. The zero-order chi connectivity index (χ0) is 5.86. The number of hydrogen-bond acceptors (Lipinski definition) is 0. The van der Waals surface area contributed by atoms with E-state index in [1.54, 1.807) is 0 Å². The van der Waals surface area contributed by atoms with E-state index < -0.39 is 0 Å². The van der Waals surface area contributed by atoms with Crippen LogP contribution >= 0.6 is 0 Å². The second kappa shape index (κ2) is 5.04. The minimum absolute atomic E-state index is 0. The molecule has 1 nitrogen and oxygen atoms in total. The molecular weight excluding hydrogens is 105 g/mol. The summed E-state index contributed by atoms with van der Waals surface area (Å²) in [7, 11) is 0. The van der Waals surface area contributed by atoms with Gasteiger partial charge in [0.2, 0.25) is 0 Å². The Morgan fingerprint density at radius 1 is 0.875 bits per heavy atom. The third-order valence-electron chi connectivity index (χ3n) is 0.770. The third-order valence-corrected chi connectivity index (χ3v) is 0.770. The smallest absolute Gasteiger partial charge is 0.0803 e. The minimum atomic E-state index is 0. The van der Waals surface area contributed by atoms with Crippen LogP contribution in [0.15, 0.2) is 0 Å². The standard InChI is InChI=1S/C6H15N.FH/c1-5(2)7-6(3)4;/h5-7H,1-4H3;1H. The number of halogens is 1. The van der Waals surface area contributed by atoms with E-state index in [-0.39, 0.29) is 4.70 Å². The van der Waals surface area contributed by atoms with Crippen LogP contribution in [0.3, 0.4) is 0 Å². The molecule has 52 valence electrons. The van der Waals surface area contributed by atoms with Crippen LogP contribution in [-0.4, -0.2) is 12.1 Å². The van der Waals surface area contributed by atoms with Gasteiger partial charge in [-0.1, -0.05) is 0 Å². The molecule has 0 heterocycles. The maximum absolute atomic E-state index is 2.33. The lowest BCUT2D eigenvalue weighted by Crippen LogP contribution is -3.00. The van der Waals surface area contributed by atoms with Crippen molar-refractivity contribution in [2.45, 2.75) is 39.8 Å². The average Bonchev–Trinajstić information content (AvgIpc) is 1.27. The van der Waals surface area contributed by atoms with Gasteiger partial charge in [0.05, 0.1) is 12.1 Å². The SMILES string of the molecule is CC(C)[NH2+]C(C)C.[F-]. The maximum atomic E-state index is 2.33. The second-order valence-corrected chi connectivity index (χ2v) is 2.68. The molecule has 0 aliphatic carbocycles. The Labute approximate surface area is 50.8 Å². The molecule has 0 spiro atoms. The lowest BCUT2D eigenvalue weighted by molar-refractivity contribution is -0.709. The Morgan fingerprint density at radius 3 is 1.12 bits per heavy atom. The lowest BCUT2D eigenvalue weighted by Gasteiger charge is -2.06. The van der Waals surface area contributed by atoms with Gasteiger partial charge in [0.1, 0.15) is 0 Å². The van der Waals surface area contributed by atoms with Crippen LogP contribution in [0.2, 0.25) is 0 Å². The molecule has 0 unspecified atom stereocenters. The van der Waals surface area contributed by atoms with Gasteiger partial charge in [0, 0.05) is 0 Å². The second-order valence-electron chi connectivity index (χ2n) is 2.68. The third kappa shape index (κ3) is 9.31. The number of rotatable bonds is 2. The normalized spacial score (nSPS) is 9.75. The van der Waals surface area contributed by atoms with Gasteiger partial charge in [-0.2, -0.15) is 0 Å². The topological polar surface area (TPSA) is 16.6 Å². The fraction of sp³-hybridized carbons (Fsp3) is 1.00. The van der Waals surface area contributed by atoms with Crippen LogP contribution in [-0.2, 0) is 0 Å². The summed E-state index contributed by atoms with van der Waals surface area (Å²) in [6.07, 6.45) is 0. The van der Waals surface area contributed by atoms with E-state index in [9.17, 15) is 0 Å². The summed E-state index contributed by atoms with van der Waals surface area (Å²) in [5.74, 6) is 0. The van der Waals surface area contributed by atoms with Crippen LogP contribution in [0.4, 0.5) is 0 Å². The molecular formula is C6H16FN. The average molecular weight is 121 g/mol. The highest BCUT2D eigenvalue weighted by Gasteiger charge is 1.96. The van der Waals surface area contributed by atoms with Gasteiger partial charge >= 0.3 is 0 Å². The summed E-state index contributed by atoms with van der Waals surface area (Å²) in [5.41, 5.74) is 0. The first-order chi connectivity index (χ1) is 3.13. The van der Waals surface area contributed by atoms with E-state index in [1.807, 2.05) is 0 Å². The van der Waals surface area contributed by atoms with Crippen molar-refractivity contribution < 1.29 is 10.0 Å². The molecule has 0 bridgehead atoms. The minimum Gasteiger partial charge on any atom is -1.00 e. The van der Waals surface area contributed by atoms with Crippen molar-refractivity contribution in [3.05, 3.63) is 0 Å². The van der Waals surface area contributed by atoms with Gasteiger partial charge in [-0.05, 0) is 27.7 Å². The van der Waals surface area contributed by atoms with Gasteiger partial charge in [0.25, 0.3) is 0 Å². The zero-order valence-electron chi connectivity index (χ0n) is 6.11. The fourth-order valence-corrected chi connectivity index (χ4v) is 0.770. The number of nitrogens with two attached hydrogens (primary N) is 1. The van der Waals surface area contributed by atoms with Crippen LogP contribution in [0.25, 0.3) is 0 Å². The monoisotopic (exact) mass is 121 g/mol. The molecule has 0 atom stereocenters. The quantitative estimate of drug-likeness (QED) is 0.412.